The summed E-state index contributed by atoms with van der Waals surface area (Å²) in [5.74, 6) is -1.15. The van der Waals surface area contributed by atoms with Crippen molar-refractivity contribution in [3.63, 3.8) is 0 Å². The van der Waals surface area contributed by atoms with Gasteiger partial charge in [-0.15, -0.1) is 0 Å². The van der Waals surface area contributed by atoms with Crippen molar-refractivity contribution in [2.75, 3.05) is 13.1 Å². The highest BCUT2D eigenvalue weighted by Crippen LogP contribution is 2.06. The van der Waals surface area contributed by atoms with E-state index in [0.29, 0.717) is 6.54 Å². The highest BCUT2D eigenvalue weighted by Gasteiger charge is 2.20. The summed E-state index contributed by atoms with van der Waals surface area (Å²) in [5.41, 5.74) is 1.03. The Kier molecular flexibility index (Phi) is 4.83. The lowest BCUT2D eigenvalue weighted by molar-refractivity contribution is -0.137. The molecule has 5 nitrogen and oxygen atoms in total. The number of aliphatic carboxylic acids is 1. The fraction of sp³-hybridized carbons (Fsp3) is 0.462. The van der Waals surface area contributed by atoms with Crippen LogP contribution in [0.5, 0.6) is 0 Å². The van der Waals surface area contributed by atoms with Gasteiger partial charge in [0.2, 0.25) is 0 Å². The van der Waals surface area contributed by atoms with Crippen molar-refractivity contribution >= 4 is 11.9 Å². The van der Waals surface area contributed by atoms with E-state index in [1.807, 2.05) is 13.8 Å². The summed E-state index contributed by atoms with van der Waals surface area (Å²) in [4.78, 5) is 28.4. The number of aryl methyl sites for hydroxylation is 1. The minimum absolute atomic E-state index is 0.207. The van der Waals surface area contributed by atoms with Crippen molar-refractivity contribution < 1.29 is 14.7 Å². The molecule has 0 aromatic carbocycles. The predicted octanol–water partition coefficient (Wildman–Crippen LogP) is 1.57. The van der Waals surface area contributed by atoms with E-state index in [9.17, 15) is 9.59 Å². The van der Waals surface area contributed by atoms with Gasteiger partial charge in [-0.05, 0) is 25.0 Å². The van der Waals surface area contributed by atoms with E-state index in [4.69, 9.17) is 5.11 Å². The molecule has 0 bridgehead atoms. The summed E-state index contributed by atoms with van der Waals surface area (Å²) < 4.78 is 0. The summed E-state index contributed by atoms with van der Waals surface area (Å²) in [6, 6.07) is 5.13. The number of rotatable bonds is 5. The lowest BCUT2D eigenvalue weighted by Crippen LogP contribution is -2.38. The molecule has 0 unspecified atom stereocenters. The first-order valence-electron chi connectivity index (χ1n) is 5.85. The Bertz CT molecular complexity index is 444. The maximum Gasteiger partial charge on any atom is 0.323 e. The average molecular weight is 250 g/mol. The number of amides is 1. The first-order valence-corrected chi connectivity index (χ1v) is 5.85. The van der Waals surface area contributed by atoms with Crippen molar-refractivity contribution in [3.05, 3.63) is 29.6 Å². The van der Waals surface area contributed by atoms with Gasteiger partial charge in [0.05, 0.1) is 0 Å². The number of pyridine rings is 1. The van der Waals surface area contributed by atoms with Crippen molar-refractivity contribution in [2.24, 2.45) is 5.92 Å². The molecule has 1 aromatic rings. The van der Waals surface area contributed by atoms with E-state index in [1.54, 1.807) is 25.1 Å². The van der Waals surface area contributed by atoms with Crippen LogP contribution < -0.4 is 0 Å². The van der Waals surface area contributed by atoms with E-state index in [0.717, 1.165) is 5.69 Å². The van der Waals surface area contributed by atoms with Gasteiger partial charge < -0.3 is 10.0 Å². The molecule has 1 heterocycles. The van der Waals surface area contributed by atoms with Crippen LogP contribution in [-0.4, -0.2) is 40.0 Å². The highest BCUT2D eigenvalue weighted by molar-refractivity contribution is 5.94. The highest BCUT2D eigenvalue weighted by atomic mass is 16.4. The maximum atomic E-state index is 12.2. The SMILES string of the molecule is Cc1cccc(C(=O)N(CC(=O)O)CC(C)C)n1. The number of carbonyl (C=O) groups excluding carboxylic acids is 1. The number of carbonyl (C=O) groups is 2. The molecule has 0 radical (unpaired) electrons. The molecular weight excluding hydrogens is 232 g/mol. The van der Waals surface area contributed by atoms with Crippen molar-refractivity contribution in [2.45, 2.75) is 20.8 Å². The normalized spacial score (nSPS) is 10.4. The minimum atomic E-state index is -1.02. The van der Waals surface area contributed by atoms with Gasteiger partial charge in [-0.1, -0.05) is 19.9 Å². The summed E-state index contributed by atoms with van der Waals surface area (Å²) in [5, 5.41) is 8.83. The van der Waals surface area contributed by atoms with Gasteiger partial charge in [0.15, 0.2) is 0 Å². The third-order valence-corrected chi connectivity index (χ3v) is 2.31. The molecule has 1 aromatic heterocycles. The molecule has 0 atom stereocenters. The molecule has 18 heavy (non-hydrogen) atoms. The number of hydrogen-bond donors (Lipinski definition) is 1. The van der Waals surface area contributed by atoms with Crippen LogP contribution in [0, 0.1) is 12.8 Å². The second-order valence-corrected chi connectivity index (χ2v) is 4.64. The van der Waals surface area contributed by atoms with Crippen molar-refractivity contribution in [1.29, 1.82) is 0 Å². The van der Waals surface area contributed by atoms with E-state index in [-0.39, 0.29) is 24.1 Å². The van der Waals surface area contributed by atoms with Crippen LogP contribution in [0.25, 0.3) is 0 Å². The first kappa shape index (κ1) is 14.2. The molecular formula is C13H18N2O3. The molecule has 1 N–H and O–H groups in total. The minimum Gasteiger partial charge on any atom is -0.480 e. The van der Waals surface area contributed by atoms with E-state index < -0.39 is 5.97 Å². The van der Waals surface area contributed by atoms with Gasteiger partial charge in [0.1, 0.15) is 12.2 Å². The predicted molar refractivity (Wildman–Crippen MR) is 67.4 cm³/mol. The molecule has 0 saturated heterocycles. The van der Waals surface area contributed by atoms with Gasteiger partial charge in [0.25, 0.3) is 5.91 Å². The molecule has 1 rings (SSSR count). The standard InChI is InChI=1S/C13H18N2O3/c1-9(2)7-15(8-12(16)17)13(18)11-6-4-5-10(3)14-11/h4-6,9H,7-8H2,1-3H3,(H,16,17). The zero-order valence-electron chi connectivity index (χ0n) is 10.9. The molecule has 0 aliphatic heterocycles. The topological polar surface area (TPSA) is 70.5 Å². The lowest BCUT2D eigenvalue weighted by atomic mass is 10.2. The Morgan fingerprint density at radius 3 is 2.56 bits per heavy atom. The van der Waals surface area contributed by atoms with Crippen LogP contribution in [-0.2, 0) is 4.79 Å². The zero-order chi connectivity index (χ0) is 13.7. The number of hydrogen-bond acceptors (Lipinski definition) is 3. The molecule has 0 aliphatic rings. The molecule has 0 aliphatic carbocycles. The third kappa shape index (κ3) is 4.16. The molecule has 0 saturated carbocycles. The Hall–Kier alpha value is -1.91. The van der Waals surface area contributed by atoms with Gasteiger partial charge in [-0.2, -0.15) is 0 Å². The van der Waals surface area contributed by atoms with Crippen molar-refractivity contribution in [1.82, 2.24) is 9.88 Å². The molecule has 0 fully saturated rings. The monoisotopic (exact) mass is 250 g/mol. The summed E-state index contributed by atoms with van der Waals surface area (Å²) in [6.45, 7) is 5.77. The van der Waals surface area contributed by atoms with Crippen LogP contribution >= 0.6 is 0 Å². The fourth-order valence-corrected chi connectivity index (χ4v) is 1.65. The van der Waals surface area contributed by atoms with E-state index in [2.05, 4.69) is 4.98 Å². The number of nitrogens with zero attached hydrogens (tertiary/aromatic N) is 2. The van der Waals surface area contributed by atoms with E-state index >= 15 is 0 Å². The van der Waals surface area contributed by atoms with Gasteiger partial charge in [-0.3, -0.25) is 9.59 Å². The summed E-state index contributed by atoms with van der Waals surface area (Å²) >= 11 is 0. The average Bonchev–Trinajstić information content (AvgIpc) is 2.26. The lowest BCUT2D eigenvalue weighted by Gasteiger charge is -2.22. The van der Waals surface area contributed by atoms with Crippen LogP contribution in [0.15, 0.2) is 18.2 Å². The zero-order valence-corrected chi connectivity index (χ0v) is 10.9. The fourth-order valence-electron chi connectivity index (χ4n) is 1.65. The summed E-state index contributed by atoms with van der Waals surface area (Å²) in [6.07, 6.45) is 0. The van der Waals surface area contributed by atoms with Gasteiger partial charge in [-0.25, -0.2) is 4.98 Å². The van der Waals surface area contributed by atoms with Crippen molar-refractivity contribution in [3.8, 4) is 0 Å². The Balaban J connectivity index is 2.90. The quantitative estimate of drug-likeness (QED) is 0.861. The summed E-state index contributed by atoms with van der Waals surface area (Å²) in [7, 11) is 0. The van der Waals surface area contributed by atoms with E-state index in [1.165, 1.54) is 4.90 Å². The van der Waals surface area contributed by atoms with Crippen LogP contribution in [0.2, 0.25) is 0 Å². The largest absolute Gasteiger partial charge is 0.480 e. The van der Waals surface area contributed by atoms with Crippen LogP contribution in [0.3, 0.4) is 0 Å². The Labute approximate surface area is 106 Å². The van der Waals surface area contributed by atoms with Gasteiger partial charge in [0, 0.05) is 12.2 Å². The second-order valence-electron chi connectivity index (χ2n) is 4.64. The Morgan fingerprint density at radius 1 is 1.39 bits per heavy atom. The van der Waals surface area contributed by atoms with Crippen LogP contribution in [0.1, 0.15) is 30.0 Å². The molecule has 5 heteroatoms. The number of carboxylic acids is 1. The molecule has 98 valence electrons. The first-order chi connectivity index (χ1) is 8.40. The smallest absolute Gasteiger partial charge is 0.323 e. The number of carboxylic acid groups (broad SMARTS) is 1. The van der Waals surface area contributed by atoms with Gasteiger partial charge >= 0.3 is 5.97 Å². The molecule has 0 spiro atoms. The van der Waals surface area contributed by atoms with Crippen LogP contribution in [0.4, 0.5) is 0 Å². The second kappa shape index (κ2) is 6.14. The molecule has 1 amide bonds. The maximum absolute atomic E-state index is 12.2. The Morgan fingerprint density at radius 2 is 2.06 bits per heavy atom. The third-order valence-electron chi connectivity index (χ3n) is 2.31. The number of aromatic nitrogens is 1.